The minimum absolute atomic E-state index is 0. The summed E-state index contributed by atoms with van der Waals surface area (Å²) >= 11 is 0. The molecule has 3 nitrogen and oxygen atoms in total. The Bertz CT molecular complexity index is 1240. The summed E-state index contributed by atoms with van der Waals surface area (Å²) < 4.78 is 37.2. The molecule has 0 amide bonds. The number of hydrogen-bond donors (Lipinski definition) is 1. The summed E-state index contributed by atoms with van der Waals surface area (Å²) in [6.07, 6.45) is -2.07. The number of fused-ring (bicyclic) bond motifs is 1. The number of nitrogens with zero attached hydrogens (tertiary/aromatic N) is 1. The maximum absolute atomic E-state index is 12.4. The number of aliphatic hydroxyl groups excluding tert-OH is 1. The molecule has 0 bridgehead atoms. The van der Waals surface area contributed by atoms with Crippen molar-refractivity contribution in [2.45, 2.75) is 67.5 Å². The first-order valence-corrected chi connectivity index (χ1v) is 12.0. The molecule has 0 aliphatic carbocycles. The average Bonchev–Trinajstić information content (AvgIpc) is 2.77. The Morgan fingerprint density at radius 3 is 2.16 bits per heavy atom. The van der Waals surface area contributed by atoms with Crippen LogP contribution in [0.2, 0.25) is 0 Å². The molecule has 0 aliphatic heterocycles. The maximum Gasteiger partial charge on any atom is 0.401 e. The summed E-state index contributed by atoms with van der Waals surface area (Å²) in [7, 11) is 0. The zero-order valence-corrected chi connectivity index (χ0v) is 24.9. The third-order valence-electron chi connectivity index (χ3n) is 6.05. The standard InChI is InChI=1S/C20H20N.C10H15F3O2.Ir/c1-13(2)16-5-6-19-17(12-16)7-8-21-20(19)18-10-14(3)9-15(4)11-18;1-6(2)7(14)5-8(15)9(3,4)10(11,12)13;/h5-10,12-13H,1-4H3;5-6,14H,1-4H3;/q-1;;/b;7-5-;. The van der Waals surface area contributed by atoms with Crippen molar-refractivity contribution in [2.75, 3.05) is 0 Å². The van der Waals surface area contributed by atoms with Crippen molar-refractivity contribution in [3.05, 3.63) is 77.2 Å². The van der Waals surface area contributed by atoms with Gasteiger partial charge in [-0.05, 0) is 47.9 Å². The van der Waals surface area contributed by atoms with E-state index >= 15 is 0 Å². The number of carbonyl (C=O) groups is 1. The number of halogens is 3. The minimum Gasteiger partial charge on any atom is -0.512 e. The molecule has 1 radical (unpaired) electrons. The minimum atomic E-state index is -4.61. The zero-order valence-electron chi connectivity index (χ0n) is 22.5. The number of benzene rings is 2. The smallest absolute Gasteiger partial charge is 0.401 e. The monoisotopic (exact) mass is 691 g/mol. The van der Waals surface area contributed by atoms with Crippen molar-refractivity contribution in [3.63, 3.8) is 0 Å². The van der Waals surface area contributed by atoms with Crippen molar-refractivity contribution in [1.29, 1.82) is 0 Å². The van der Waals surface area contributed by atoms with E-state index in [9.17, 15) is 23.1 Å². The number of aromatic nitrogens is 1. The van der Waals surface area contributed by atoms with Gasteiger partial charge in [0, 0.05) is 38.3 Å². The van der Waals surface area contributed by atoms with Gasteiger partial charge in [0.05, 0.1) is 5.76 Å². The van der Waals surface area contributed by atoms with E-state index in [0.717, 1.165) is 30.7 Å². The Balaban J connectivity index is 0.000000384. The molecular formula is C30H35F3IrNO2-. The number of ketones is 1. The SMILES string of the molecule is CC(C)/C(O)=C/C(=O)C(C)(C)C(F)(F)F.Cc1[c-]c(-c2nccc3cc(C(C)C)ccc23)cc(C)c1.[Ir]. The van der Waals surface area contributed by atoms with Gasteiger partial charge < -0.3 is 10.1 Å². The first kappa shape index (κ1) is 32.5. The Labute approximate surface area is 231 Å². The largest absolute Gasteiger partial charge is 0.512 e. The van der Waals surface area contributed by atoms with Crippen LogP contribution in [0.15, 0.2) is 54.4 Å². The molecule has 3 rings (SSSR count). The summed E-state index contributed by atoms with van der Waals surface area (Å²) in [5.74, 6) is -1.30. The number of carbonyl (C=O) groups excluding carboxylic acids is 1. The van der Waals surface area contributed by atoms with E-state index in [1.807, 2.05) is 6.20 Å². The predicted molar refractivity (Wildman–Crippen MR) is 140 cm³/mol. The van der Waals surface area contributed by atoms with Crippen molar-refractivity contribution in [3.8, 4) is 11.3 Å². The fourth-order valence-electron chi connectivity index (χ4n) is 3.41. The van der Waals surface area contributed by atoms with Crippen LogP contribution in [0.3, 0.4) is 0 Å². The van der Waals surface area contributed by atoms with Gasteiger partial charge in [0.2, 0.25) is 0 Å². The molecule has 7 heteroatoms. The quantitative estimate of drug-likeness (QED) is 0.166. The van der Waals surface area contributed by atoms with Gasteiger partial charge in [0.15, 0.2) is 5.78 Å². The van der Waals surface area contributed by atoms with Gasteiger partial charge in [-0.25, -0.2) is 0 Å². The Hall–Kier alpha value is -2.50. The van der Waals surface area contributed by atoms with Crippen molar-refractivity contribution < 1.29 is 43.2 Å². The fourth-order valence-corrected chi connectivity index (χ4v) is 3.41. The van der Waals surface area contributed by atoms with Gasteiger partial charge in [-0.3, -0.25) is 4.79 Å². The van der Waals surface area contributed by atoms with E-state index in [2.05, 4.69) is 75.1 Å². The first-order chi connectivity index (χ1) is 16.5. The van der Waals surface area contributed by atoms with Gasteiger partial charge in [0.1, 0.15) is 5.41 Å². The van der Waals surface area contributed by atoms with Crippen LogP contribution in [0.1, 0.15) is 64.2 Å². The predicted octanol–water partition coefficient (Wildman–Crippen LogP) is 8.68. The summed E-state index contributed by atoms with van der Waals surface area (Å²) in [4.78, 5) is 15.9. The van der Waals surface area contributed by atoms with Crippen LogP contribution in [0.5, 0.6) is 0 Å². The van der Waals surface area contributed by atoms with Gasteiger partial charge in [-0.2, -0.15) is 13.2 Å². The molecule has 0 saturated carbocycles. The number of pyridine rings is 1. The molecule has 0 unspecified atom stereocenters. The molecule has 3 aromatic rings. The maximum atomic E-state index is 12.4. The molecule has 1 heterocycles. The van der Waals surface area contributed by atoms with E-state index < -0.39 is 17.4 Å². The van der Waals surface area contributed by atoms with E-state index in [0.29, 0.717) is 12.0 Å². The Morgan fingerprint density at radius 1 is 1.03 bits per heavy atom. The second kappa shape index (κ2) is 12.8. The van der Waals surface area contributed by atoms with Crippen LogP contribution in [0.25, 0.3) is 22.0 Å². The van der Waals surface area contributed by atoms with Gasteiger partial charge in [-0.1, -0.05) is 59.7 Å². The number of rotatable bonds is 5. The Morgan fingerprint density at radius 2 is 1.65 bits per heavy atom. The third-order valence-corrected chi connectivity index (χ3v) is 6.05. The molecule has 37 heavy (non-hydrogen) atoms. The number of hydrogen-bond acceptors (Lipinski definition) is 3. The third kappa shape index (κ3) is 8.24. The molecule has 0 aliphatic rings. The van der Waals surface area contributed by atoms with Crippen LogP contribution in [0.4, 0.5) is 13.2 Å². The second-order valence-electron chi connectivity index (χ2n) is 10.3. The molecule has 0 fully saturated rings. The van der Waals surface area contributed by atoms with Crippen LogP contribution in [-0.2, 0) is 24.9 Å². The van der Waals surface area contributed by atoms with E-state index in [1.165, 1.54) is 21.9 Å². The zero-order chi connectivity index (χ0) is 27.4. The van der Waals surface area contributed by atoms with E-state index in [4.69, 9.17) is 0 Å². The van der Waals surface area contributed by atoms with E-state index in [1.54, 1.807) is 13.8 Å². The molecule has 1 N–H and O–H groups in total. The molecule has 2 aromatic carbocycles. The number of aliphatic hydroxyl groups is 1. The number of aryl methyl sites for hydroxylation is 2. The number of alkyl halides is 3. The van der Waals surface area contributed by atoms with Gasteiger partial charge in [0.25, 0.3) is 0 Å². The van der Waals surface area contributed by atoms with Crippen molar-refractivity contribution >= 4 is 16.6 Å². The molecule has 203 valence electrons. The second-order valence-corrected chi connectivity index (χ2v) is 10.3. The van der Waals surface area contributed by atoms with Crippen molar-refractivity contribution in [2.24, 2.45) is 11.3 Å². The normalized spacial score (nSPS) is 12.3. The first-order valence-electron chi connectivity index (χ1n) is 12.0. The van der Waals surface area contributed by atoms with E-state index in [-0.39, 0.29) is 31.8 Å². The summed E-state index contributed by atoms with van der Waals surface area (Å²) in [5, 5.41) is 11.6. The molecule has 0 atom stereocenters. The van der Waals surface area contributed by atoms with Gasteiger partial charge in [-0.15, -0.1) is 34.9 Å². The topological polar surface area (TPSA) is 50.2 Å². The van der Waals surface area contributed by atoms with Crippen LogP contribution in [0, 0.1) is 31.2 Å². The summed E-state index contributed by atoms with van der Waals surface area (Å²) in [6.45, 7) is 13.4. The molecular weight excluding hydrogens is 656 g/mol. The fraction of sp³-hybridized carbons (Fsp3) is 0.400. The summed E-state index contributed by atoms with van der Waals surface area (Å²) in [5.41, 5.74) is 3.41. The van der Waals surface area contributed by atoms with Crippen molar-refractivity contribution in [1.82, 2.24) is 4.98 Å². The molecule has 1 aromatic heterocycles. The van der Waals surface area contributed by atoms with Gasteiger partial charge >= 0.3 is 6.18 Å². The van der Waals surface area contributed by atoms with Crippen LogP contribution in [-0.4, -0.2) is 22.1 Å². The van der Waals surface area contributed by atoms with Crippen LogP contribution >= 0.6 is 0 Å². The summed E-state index contributed by atoms with van der Waals surface area (Å²) in [6, 6.07) is 16.5. The average molecular weight is 691 g/mol. The van der Waals surface area contributed by atoms with Crippen LogP contribution < -0.4 is 0 Å². The number of allylic oxidation sites excluding steroid dienone is 2. The molecule has 0 spiro atoms. The molecule has 0 saturated heterocycles. The Kier molecular flexibility index (Phi) is 11.3.